The molecule has 0 saturated carbocycles. The van der Waals surface area contributed by atoms with Crippen molar-refractivity contribution in [3.05, 3.63) is 89.5 Å². The van der Waals surface area contributed by atoms with Crippen molar-refractivity contribution in [2.45, 2.75) is 39.5 Å². The summed E-state index contributed by atoms with van der Waals surface area (Å²) >= 11 is 4.66. The third-order valence-electron chi connectivity index (χ3n) is 5.36. The van der Waals surface area contributed by atoms with Crippen LogP contribution in [0.5, 0.6) is 0 Å². The number of hydrogen-bond acceptors (Lipinski definition) is 2. The number of aliphatic imine (C=N–C) groups is 1. The molecule has 0 spiro atoms. The highest BCUT2D eigenvalue weighted by Crippen LogP contribution is 2.26. The molecule has 0 bridgehead atoms. The van der Waals surface area contributed by atoms with E-state index in [2.05, 4.69) is 96.9 Å². The van der Waals surface area contributed by atoms with E-state index in [9.17, 15) is 0 Å². The Hall–Kier alpha value is -2.54. The van der Waals surface area contributed by atoms with E-state index in [0.717, 1.165) is 30.9 Å². The van der Waals surface area contributed by atoms with Crippen LogP contribution in [-0.2, 0) is 19.3 Å². The van der Waals surface area contributed by atoms with Gasteiger partial charge < -0.3 is 0 Å². The fraction of sp³-hybridized carbons (Fsp3) is 0.269. The second-order valence-electron chi connectivity index (χ2n) is 7.44. The number of benzene rings is 3. The highest BCUT2D eigenvalue weighted by Gasteiger charge is 2.07. The molecular weight excluding hydrogens is 358 g/mol. The molecular formula is C26H27NS. The van der Waals surface area contributed by atoms with Crippen LogP contribution >= 0.6 is 12.2 Å². The van der Waals surface area contributed by atoms with Crippen LogP contribution in [0.25, 0.3) is 11.1 Å². The van der Waals surface area contributed by atoms with E-state index in [1.807, 2.05) is 12.1 Å². The summed E-state index contributed by atoms with van der Waals surface area (Å²) in [4.78, 5) is 4.01. The normalized spacial score (nSPS) is 11.6. The third-order valence-corrected chi connectivity index (χ3v) is 5.45. The highest BCUT2D eigenvalue weighted by atomic mass is 32.1. The van der Waals surface area contributed by atoms with E-state index in [0.29, 0.717) is 0 Å². The quantitative estimate of drug-likeness (QED) is 0.289. The molecule has 0 heterocycles. The van der Waals surface area contributed by atoms with Gasteiger partial charge in [0, 0.05) is 0 Å². The molecule has 0 radical (unpaired) electrons. The van der Waals surface area contributed by atoms with E-state index in [1.54, 1.807) is 0 Å². The number of hydrogen-bond donors (Lipinski definition) is 0. The predicted octanol–water partition coefficient (Wildman–Crippen LogP) is 7.46. The lowest BCUT2D eigenvalue weighted by Crippen LogP contribution is -1.98. The van der Waals surface area contributed by atoms with Crippen molar-refractivity contribution >= 4 is 23.1 Å². The van der Waals surface area contributed by atoms with Gasteiger partial charge in [0.15, 0.2) is 0 Å². The van der Waals surface area contributed by atoms with Gasteiger partial charge >= 0.3 is 0 Å². The summed E-state index contributed by atoms with van der Waals surface area (Å²) < 4.78 is 0. The minimum atomic E-state index is 0.735. The summed E-state index contributed by atoms with van der Waals surface area (Å²) in [5.74, 6) is 0.735. The number of rotatable bonds is 8. The van der Waals surface area contributed by atoms with E-state index < -0.39 is 0 Å². The maximum atomic E-state index is 4.66. The average Bonchev–Trinajstić information content (AvgIpc) is 2.74. The van der Waals surface area contributed by atoms with Crippen molar-refractivity contribution in [3.63, 3.8) is 0 Å². The molecule has 1 unspecified atom stereocenters. The molecule has 1 atom stereocenters. The number of aryl methyl sites for hydroxylation is 2. The standard InChI is InChI=1S/C26H27NS/c1-3-20(2)18-22-9-14-24(15-10-22)26-7-5-4-6-23(26)13-8-21-11-16-25(17-12-21)27-19-28/h4-7,9-12,14-17,20H,3,8,13,18H2,1-2H3. The zero-order valence-electron chi connectivity index (χ0n) is 16.7. The van der Waals surface area contributed by atoms with E-state index in [4.69, 9.17) is 0 Å². The number of isothiocyanates is 1. The first-order chi connectivity index (χ1) is 13.7. The van der Waals surface area contributed by atoms with Crippen LogP contribution in [0, 0.1) is 5.92 Å². The lowest BCUT2D eigenvalue weighted by atomic mass is 9.93. The molecule has 0 aliphatic rings. The Labute approximate surface area is 174 Å². The van der Waals surface area contributed by atoms with Gasteiger partial charge in [0.25, 0.3) is 0 Å². The highest BCUT2D eigenvalue weighted by molar-refractivity contribution is 7.78. The molecule has 2 heteroatoms. The Morgan fingerprint density at radius 1 is 0.857 bits per heavy atom. The zero-order chi connectivity index (χ0) is 19.8. The zero-order valence-corrected chi connectivity index (χ0v) is 17.5. The molecule has 0 N–H and O–H groups in total. The molecule has 0 aromatic heterocycles. The third kappa shape index (κ3) is 5.48. The van der Waals surface area contributed by atoms with Crippen LogP contribution in [-0.4, -0.2) is 5.16 Å². The number of thiocarbonyl (C=S) groups is 1. The molecule has 1 nitrogen and oxygen atoms in total. The molecule has 3 aromatic carbocycles. The van der Waals surface area contributed by atoms with E-state index in [-0.39, 0.29) is 0 Å². The van der Waals surface area contributed by atoms with E-state index in [1.165, 1.54) is 34.2 Å². The Kier molecular flexibility index (Phi) is 7.31. The first kappa shape index (κ1) is 20.2. The summed E-state index contributed by atoms with van der Waals surface area (Å²) in [6, 6.07) is 26.1. The smallest absolute Gasteiger partial charge is 0.0739 e. The Morgan fingerprint density at radius 3 is 2.21 bits per heavy atom. The van der Waals surface area contributed by atoms with Crippen molar-refractivity contribution in [2.24, 2.45) is 10.9 Å². The maximum absolute atomic E-state index is 4.66. The lowest BCUT2D eigenvalue weighted by molar-refractivity contribution is 0.560. The summed E-state index contributed by atoms with van der Waals surface area (Å²) in [6.07, 6.45) is 4.40. The summed E-state index contributed by atoms with van der Waals surface area (Å²) in [5.41, 5.74) is 7.61. The second kappa shape index (κ2) is 10.1. The fourth-order valence-electron chi connectivity index (χ4n) is 3.46. The Morgan fingerprint density at radius 2 is 1.54 bits per heavy atom. The van der Waals surface area contributed by atoms with Gasteiger partial charge in [-0.15, -0.1) is 0 Å². The second-order valence-corrected chi connectivity index (χ2v) is 7.62. The fourth-order valence-corrected chi connectivity index (χ4v) is 3.56. The summed E-state index contributed by atoms with van der Waals surface area (Å²) in [5, 5.41) is 2.41. The van der Waals surface area contributed by atoms with Gasteiger partial charge in [-0.3, -0.25) is 0 Å². The molecule has 28 heavy (non-hydrogen) atoms. The molecule has 142 valence electrons. The van der Waals surface area contributed by atoms with Crippen LogP contribution in [0.1, 0.15) is 37.0 Å². The van der Waals surface area contributed by atoms with Crippen molar-refractivity contribution < 1.29 is 0 Å². The molecule has 0 saturated heterocycles. The van der Waals surface area contributed by atoms with Gasteiger partial charge in [-0.1, -0.05) is 80.9 Å². The maximum Gasteiger partial charge on any atom is 0.0739 e. The predicted molar refractivity (Wildman–Crippen MR) is 124 cm³/mol. The number of nitrogens with zero attached hydrogens (tertiary/aromatic N) is 1. The molecule has 0 aliphatic heterocycles. The molecule has 3 rings (SSSR count). The average molecular weight is 386 g/mol. The van der Waals surface area contributed by atoms with Crippen LogP contribution in [0.2, 0.25) is 0 Å². The summed E-state index contributed by atoms with van der Waals surface area (Å²) in [6.45, 7) is 4.57. The van der Waals surface area contributed by atoms with Crippen LogP contribution in [0.4, 0.5) is 5.69 Å². The van der Waals surface area contributed by atoms with Crippen LogP contribution < -0.4 is 0 Å². The monoisotopic (exact) mass is 385 g/mol. The Bertz CT molecular complexity index is 935. The molecule has 0 amide bonds. The largest absolute Gasteiger partial charge is 0.195 e. The van der Waals surface area contributed by atoms with Crippen molar-refractivity contribution in [1.29, 1.82) is 0 Å². The summed E-state index contributed by atoms with van der Waals surface area (Å²) in [7, 11) is 0. The van der Waals surface area contributed by atoms with Gasteiger partial charge in [-0.2, -0.15) is 4.99 Å². The first-order valence-corrected chi connectivity index (χ1v) is 10.4. The van der Waals surface area contributed by atoms with Gasteiger partial charge in [0.1, 0.15) is 0 Å². The first-order valence-electron chi connectivity index (χ1n) is 10.0. The van der Waals surface area contributed by atoms with Gasteiger partial charge in [-0.05, 0) is 77.3 Å². The topological polar surface area (TPSA) is 12.4 Å². The van der Waals surface area contributed by atoms with E-state index >= 15 is 0 Å². The minimum absolute atomic E-state index is 0.735. The van der Waals surface area contributed by atoms with Gasteiger partial charge in [0.2, 0.25) is 0 Å². The van der Waals surface area contributed by atoms with Crippen molar-refractivity contribution in [1.82, 2.24) is 0 Å². The van der Waals surface area contributed by atoms with Crippen molar-refractivity contribution in [3.8, 4) is 11.1 Å². The lowest BCUT2D eigenvalue weighted by Gasteiger charge is -2.12. The van der Waals surface area contributed by atoms with Gasteiger partial charge in [0.05, 0.1) is 10.8 Å². The minimum Gasteiger partial charge on any atom is -0.195 e. The molecule has 0 aliphatic carbocycles. The van der Waals surface area contributed by atoms with Crippen LogP contribution in [0.15, 0.2) is 77.8 Å². The molecule has 0 fully saturated rings. The van der Waals surface area contributed by atoms with Crippen molar-refractivity contribution in [2.75, 3.05) is 0 Å². The van der Waals surface area contributed by atoms with Crippen LogP contribution in [0.3, 0.4) is 0 Å². The van der Waals surface area contributed by atoms with Gasteiger partial charge in [-0.25, -0.2) is 0 Å². The molecule has 3 aromatic rings. The Balaban J connectivity index is 1.73. The SMILES string of the molecule is CCC(C)Cc1ccc(-c2ccccc2CCc2ccc(N=C=S)cc2)cc1.